The minimum atomic E-state index is -0.431. The molecule has 1 fully saturated rings. The van der Waals surface area contributed by atoms with E-state index in [-0.39, 0.29) is 32.4 Å². The molecular weight excluding hydrogens is 445 g/mol. The molecule has 31 heavy (non-hydrogen) atoms. The van der Waals surface area contributed by atoms with E-state index < -0.39 is 6.23 Å². The number of fused-ring (bicyclic) bond motifs is 1. The van der Waals surface area contributed by atoms with Crippen molar-refractivity contribution in [1.29, 1.82) is 0 Å². The molecule has 0 saturated carbocycles. The highest BCUT2D eigenvalue weighted by molar-refractivity contribution is 7.29. The molecule has 4 N–H and O–H groups in total. The highest BCUT2D eigenvalue weighted by atomic mass is 35.5. The predicted molar refractivity (Wildman–Crippen MR) is 123 cm³/mol. The molecule has 174 valence electrons. The highest BCUT2D eigenvalue weighted by Crippen LogP contribution is 2.36. The van der Waals surface area contributed by atoms with Crippen LogP contribution in [0.2, 0.25) is 0 Å². The Morgan fingerprint density at radius 3 is 2.77 bits per heavy atom. The second kappa shape index (κ2) is 12.4. The fourth-order valence-corrected chi connectivity index (χ4v) is 3.64. The maximum absolute atomic E-state index is 10.6. The van der Waals surface area contributed by atoms with E-state index in [9.17, 15) is 4.79 Å². The van der Waals surface area contributed by atoms with Crippen LogP contribution >= 0.6 is 20.6 Å². The van der Waals surface area contributed by atoms with E-state index >= 15 is 0 Å². The molecule has 0 spiro atoms. The summed E-state index contributed by atoms with van der Waals surface area (Å²) in [5.74, 6) is 0.691. The van der Waals surface area contributed by atoms with E-state index in [1.54, 1.807) is 32.0 Å². The standard InChI is InChI=1S/C14H21ClN7O3P.C4H10O/c1-7(4-23)21-26-24-5-8-3-9(15)13(25-8)22-6-18-10-11(17-2)19-14(16)20-12(10)22;1-4(2)5-3/h4,6-9,13,21,26H,3,5H2,1-2H3,(H3,16,17,19,20);4H,1-3H3. The summed E-state index contributed by atoms with van der Waals surface area (Å²) in [5.41, 5.74) is 6.94. The molecule has 1 aliphatic rings. The van der Waals surface area contributed by atoms with E-state index in [1.165, 1.54) is 0 Å². The lowest BCUT2D eigenvalue weighted by molar-refractivity contribution is -0.108. The van der Waals surface area contributed by atoms with Crippen molar-refractivity contribution in [2.24, 2.45) is 0 Å². The number of rotatable bonds is 9. The van der Waals surface area contributed by atoms with Crippen molar-refractivity contribution >= 4 is 49.8 Å². The summed E-state index contributed by atoms with van der Waals surface area (Å²) >= 11 is 6.48. The number of aldehydes is 1. The van der Waals surface area contributed by atoms with Gasteiger partial charge in [-0.15, -0.1) is 11.6 Å². The lowest BCUT2D eigenvalue weighted by Crippen LogP contribution is -2.21. The molecule has 0 bridgehead atoms. The van der Waals surface area contributed by atoms with Gasteiger partial charge in [0.25, 0.3) is 0 Å². The number of aromatic nitrogens is 4. The van der Waals surface area contributed by atoms with E-state index in [4.69, 9.17) is 31.3 Å². The van der Waals surface area contributed by atoms with Crippen LogP contribution in [0.25, 0.3) is 11.2 Å². The number of imidazole rings is 1. The number of halogens is 1. The Labute approximate surface area is 188 Å². The number of ether oxygens (including phenoxy) is 2. The minimum absolute atomic E-state index is 0.0150. The third-order valence-corrected chi connectivity index (χ3v) is 5.66. The first kappa shape index (κ1) is 25.6. The Balaban J connectivity index is 0.000000614. The van der Waals surface area contributed by atoms with Gasteiger partial charge >= 0.3 is 0 Å². The number of carbonyl (C=O) groups is 1. The molecule has 0 aliphatic carbocycles. The molecular formula is C18H31ClN7O4P. The second-order valence-corrected chi connectivity index (χ2v) is 8.51. The normalized spacial score (nSPS) is 22.1. The van der Waals surface area contributed by atoms with Gasteiger partial charge in [0.05, 0.1) is 45.5 Å². The molecule has 2 aromatic heterocycles. The smallest absolute Gasteiger partial charge is 0.224 e. The van der Waals surface area contributed by atoms with E-state index in [0.29, 0.717) is 36.1 Å². The molecule has 5 atom stereocenters. The SMILES string of the molecule is CNc1nc(N)nc2c1ncn2C1OC(COPNC(C)C=O)CC1Cl.COC(C)C. The number of nitrogens with zero attached hydrogens (tertiary/aromatic N) is 4. The van der Waals surface area contributed by atoms with Crippen molar-refractivity contribution in [2.75, 3.05) is 31.8 Å². The Morgan fingerprint density at radius 2 is 2.16 bits per heavy atom. The molecule has 0 aromatic carbocycles. The zero-order valence-electron chi connectivity index (χ0n) is 18.3. The van der Waals surface area contributed by atoms with Gasteiger partial charge in [0.15, 0.2) is 23.2 Å². The largest absolute Gasteiger partial charge is 0.382 e. The van der Waals surface area contributed by atoms with E-state index in [0.717, 1.165) is 6.29 Å². The average molecular weight is 476 g/mol. The second-order valence-electron chi connectivity index (χ2n) is 7.17. The predicted octanol–water partition coefficient (Wildman–Crippen LogP) is 2.09. The minimum Gasteiger partial charge on any atom is -0.382 e. The van der Waals surface area contributed by atoms with Crippen LogP contribution < -0.4 is 16.1 Å². The first-order valence-corrected chi connectivity index (χ1v) is 11.2. The third kappa shape index (κ3) is 7.20. The van der Waals surface area contributed by atoms with Crippen LogP contribution in [0.4, 0.5) is 11.8 Å². The maximum Gasteiger partial charge on any atom is 0.224 e. The number of alkyl halides is 1. The maximum atomic E-state index is 10.6. The Hall–Kier alpha value is -1.62. The number of hydrogen-bond acceptors (Lipinski definition) is 10. The summed E-state index contributed by atoms with van der Waals surface area (Å²) in [6, 6.07) is -0.241. The topological polar surface area (TPSA) is 138 Å². The van der Waals surface area contributed by atoms with Gasteiger partial charge < -0.3 is 29.8 Å². The number of carbonyl (C=O) groups excluding carboxylic acids is 1. The van der Waals surface area contributed by atoms with Crippen LogP contribution in [0.15, 0.2) is 6.33 Å². The molecule has 3 heterocycles. The van der Waals surface area contributed by atoms with Gasteiger partial charge in [-0.3, -0.25) is 9.65 Å². The number of hydrogen-bond donors (Lipinski definition) is 3. The number of nitrogen functional groups attached to an aromatic ring is 1. The van der Waals surface area contributed by atoms with Crippen LogP contribution in [0, 0.1) is 0 Å². The molecule has 1 saturated heterocycles. The quantitative estimate of drug-likeness (QED) is 0.214. The van der Waals surface area contributed by atoms with Crippen LogP contribution in [0.5, 0.6) is 0 Å². The van der Waals surface area contributed by atoms with Gasteiger partial charge in [0, 0.05) is 14.2 Å². The Morgan fingerprint density at radius 1 is 1.45 bits per heavy atom. The van der Waals surface area contributed by atoms with Gasteiger partial charge in [-0.05, 0) is 27.2 Å². The number of nitrogens with two attached hydrogens (primary N) is 1. The molecule has 3 rings (SSSR count). The fourth-order valence-electron chi connectivity index (χ4n) is 2.65. The van der Waals surface area contributed by atoms with Gasteiger partial charge in [0.2, 0.25) is 5.95 Å². The van der Waals surface area contributed by atoms with E-state index in [1.807, 2.05) is 13.8 Å². The third-order valence-electron chi connectivity index (χ3n) is 4.38. The number of nitrogens with one attached hydrogen (secondary N) is 2. The number of anilines is 2. The van der Waals surface area contributed by atoms with Gasteiger partial charge in [-0.1, -0.05) is 0 Å². The summed E-state index contributed by atoms with van der Waals surface area (Å²) in [6.07, 6.45) is 2.86. The summed E-state index contributed by atoms with van der Waals surface area (Å²) in [7, 11) is 3.45. The van der Waals surface area contributed by atoms with Crippen molar-refractivity contribution in [3.8, 4) is 0 Å². The lowest BCUT2D eigenvalue weighted by atomic mass is 10.2. The average Bonchev–Trinajstić information content (AvgIpc) is 3.33. The van der Waals surface area contributed by atoms with Crippen molar-refractivity contribution in [3.63, 3.8) is 0 Å². The summed E-state index contributed by atoms with van der Waals surface area (Å²) < 4.78 is 18.1. The molecule has 0 amide bonds. The Kier molecular flexibility index (Phi) is 10.3. The molecule has 13 heteroatoms. The van der Waals surface area contributed by atoms with Crippen LogP contribution in [0.3, 0.4) is 0 Å². The Bertz CT molecular complexity index is 841. The zero-order valence-corrected chi connectivity index (χ0v) is 20.1. The summed E-state index contributed by atoms with van der Waals surface area (Å²) in [6.45, 7) is 6.14. The summed E-state index contributed by atoms with van der Waals surface area (Å²) in [5, 5.41) is 5.63. The van der Waals surface area contributed by atoms with Gasteiger partial charge in [0.1, 0.15) is 6.29 Å². The van der Waals surface area contributed by atoms with Crippen molar-refractivity contribution < 1.29 is 18.8 Å². The van der Waals surface area contributed by atoms with Crippen molar-refractivity contribution in [3.05, 3.63) is 6.33 Å². The summed E-state index contributed by atoms with van der Waals surface area (Å²) in [4.78, 5) is 23.3. The van der Waals surface area contributed by atoms with Crippen LogP contribution in [-0.2, 0) is 18.8 Å². The first-order valence-electron chi connectivity index (χ1n) is 9.88. The van der Waals surface area contributed by atoms with E-state index in [2.05, 4.69) is 25.4 Å². The van der Waals surface area contributed by atoms with Gasteiger partial charge in [-0.25, -0.2) is 4.98 Å². The van der Waals surface area contributed by atoms with Gasteiger partial charge in [-0.2, -0.15) is 9.97 Å². The zero-order chi connectivity index (χ0) is 23.0. The lowest BCUT2D eigenvalue weighted by Gasteiger charge is -2.17. The molecule has 11 nitrogen and oxygen atoms in total. The first-order chi connectivity index (χ1) is 14.8. The van der Waals surface area contributed by atoms with Crippen molar-refractivity contribution in [1.82, 2.24) is 24.6 Å². The fraction of sp³-hybridized carbons (Fsp3) is 0.667. The molecule has 2 aromatic rings. The molecule has 1 aliphatic heterocycles. The highest BCUT2D eigenvalue weighted by Gasteiger charge is 2.36. The monoisotopic (exact) mass is 475 g/mol. The van der Waals surface area contributed by atoms with Crippen LogP contribution in [0.1, 0.15) is 33.4 Å². The molecule has 5 unspecified atom stereocenters. The van der Waals surface area contributed by atoms with Crippen LogP contribution in [-0.4, -0.2) is 70.2 Å². The number of methoxy groups -OCH3 is 1. The van der Waals surface area contributed by atoms with Crippen molar-refractivity contribution in [2.45, 2.75) is 57.0 Å². The molecule has 0 radical (unpaired) electrons.